The Morgan fingerprint density at radius 3 is 2.81 bits per heavy atom. The van der Waals surface area contributed by atoms with Gasteiger partial charge in [0, 0.05) is 22.5 Å². The Kier molecular flexibility index (Phi) is 4.85. The van der Waals surface area contributed by atoms with E-state index in [0.717, 1.165) is 22.3 Å². The molecule has 5 nitrogen and oxygen atoms in total. The Morgan fingerprint density at radius 1 is 1.38 bits per heavy atom. The number of ether oxygens (including phenoxy) is 2. The van der Waals surface area contributed by atoms with Crippen LogP contribution in [0.1, 0.15) is 19.5 Å². The molecule has 0 aliphatic rings. The van der Waals surface area contributed by atoms with Crippen molar-refractivity contribution in [3.8, 4) is 5.75 Å². The molecule has 2 aromatic rings. The second kappa shape index (κ2) is 6.63. The topological polar surface area (TPSA) is 71.6 Å². The molecular weight excluding hydrogens is 270 g/mol. The number of nitrogens with one attached hydrogen (secondary N) is 1. The van der Waals surface area contributed by atoms with Gasteiger partial charge in [-0.3, -0.25) is 4.79 Å². The van der Waals surface area contributed by atoms with Crippen LogP contribution in [0, 0.1) is 5.92 Å². The van der Waals surface area contributed by atoms with E-state index in [0.29, 0.717) is 6.61 Å². The van der Waals surface area contributed by atoms with Crippen LogP contribution in [0.2, 0.25) is 0 Å². The molecule has 0 saturated carbocycles. The van der Waals surface area contributed by atoms with E-state index < -0.39 is 6.10 Å². The molecule has 0 spiro atoms. The summed E-state index contributed by atoms with van der Waals surface area (Å²) >= 11 is 0. The average Bonchev–Trinajstić information content (AvgIpc) is 2.87. The molecule has 21 heavy (non-hydrogen) atoms. The highest BCUT2D eigenvalue weighted by atomic mass is 16.5. The van der Waals surface area contributed by atoms with Crippen molar-refractivity contribution >= 4 is 16.9 Å². The molecule has 5 heteroatoms. The quantitative estimate of drug-likeness (QED) is 0.801. The number of hydrogen-bond donors (Lipinski definition) is 2. The van der Waals surface area contributed by atoms with Crippen molar-refractivity contribution in [2.24, 2.45) is 5.92 Å². The van der Waals surface area contributed by atoms with E-state index >= 15 is 0 Å². The lowest BCUT2D eigenvalue weighted by atomic mass is 10.1. The number of rotatable bonds is 6. The van der Waals surface area contributed by atoms with E-state index in [1.165, 1.54) is 7.11 Å². The van der Waals surface area contributed by atoms with Gasteiger partial charge in [-0.05, 0) is 25.1 Å². The molecule has 2 N–H and O–H groups in total. The number of aliphatic hydroxyl groups excluding tert-OH is 1. The van der Waals surface area contributed by atoms with Crippen LogP contribution in [-0.2, 0) is 16.0 Å². The van der Waals surface area contributed by atoms with Crippen LogP contribution < -0.4 is 4.74 Å². The van der Waals surface area contributed by atoms with Crippen LogP contribution in [0.3, 0.4) is 0 Å². The van der Waals surface area contributed by atoms with Crippen molar-refractivity contribution in [3.63, 3.8) is 0 Å². The first kappa shape index (κ1) is 15.4. The SMILES string of the molecule is COC(=O)Cc1cc2c(OCC(C)C(C)O)cccc2[nH]1. The number of benzene rings is 1. The highest BCUT2D eigenvalue weighted by Crippen LogP contribution is 2.27. The van der Waals surface area contributed by atoms with Crippen molar-refractivity contribution in [1.82, 2.24) is 4.98 Å². The highest BCUT2D eigenvalue weighted by molar-refractivity contribution is 5.87. The van der Waals surface area contributed by atoms with Crippen LogP contribution >= 0.6 is 0 Å². The van der Waals surface area contributed by atoms with Gasteiger partial charge in [0.15, 0.2) is 0 Å². The Bertz CT molecular complexity index is 618. The summed E-state index contributed by atoms with van der Waals surface area (Å²) in [6.07, 6.45) is -0.209. The molecular formula is C16H21NO4. The molecule has 2 rings (SSSR count). The van der Waals surface area contributed by atoms with Gasteiger partial charge in [-0.25, -0.2) is 0 Å². The molecule has 0 bridgehead atoms. The van der Waals surface area contributed by atoms with Gasteiger partial charge in [0.25, 0.3) is 0 Å². The molecule has 2 atom stereocenters. The second-order valence-electron chi connectivity index (χ2n) is 5.29. The molecule has 0 aliphatic carbocycles. The molecule has 0 amide bonds. The predicted molar refractivity (Wildman–Crippen MR) is 80.4 cm³/mol. The largest absolute Gasteiger partial charge is 0.493 e. The van der Waals surface area contributed by atoms with Crippen molar-refractivity contribution in [1.29, 1.82) is 0 Å². The minimum Gasteiger partial charge on any atom is -0.493 e. The normalized spacial score (nSPS) is 13.9. The minimum atomic E-state index is -0.412. The summed E-state index contributed by atoms with van der Waals surface area (Å²) in [7, 11) is 1.37. The molecule has 0 saturated heterocycles. The lowest BCUT2D eigenvalue weighted by molar-refractivity contribution is -0.139. The summed E-state index contributed by atoms with van der Waals surface area (Å²) in [5.74, 6) is 0.507. The molecule has 0 radical (unpaired) electrons. The highest BCUT2D eigenvalue weighted by Gasteiger charge is 2.13. The Morgan fingerprint density at radius 2 is 2.14 bits per heavy atom. The van der Waals surface area contributed by atoms with Crippen LogP contribution in [0.25, 0.3) is 10.9 Å². The second-order valence-corrected chi connectivity index (χ2v) is 5.29. The minimum absolute atomic E-state index is 0.0498. The maximum Gasteiger partial charge on any atom is 0.311 e. The van der Waals surface area contributed by atoms with Crippen molar-refractivity contribution in [3.05, 3.63) is 30.0 Å². The monoisotopic (exact) mass is 291 g/mol. The Hall–Kier alpha value is -2.01. The van der Waals surface area contributed by atoms with E-state index in [1.54, 1.807) is 6.92 Å². The molecule has 1 aromatic heterocycles. The molecule has 1 heterocycles. The number of H-pyrrole nitrogens is 1. The number of carbonyl (C=O) groups excluding carboxylic acids is 1. The van der Waals surface area contributed by atoms with E-state index in [9.17, 15) is 9.90 Å². The zero-order chi connectivity index (χ0) is 15.4. The van der Waals surface area contributed by atoms with Gasteiger partial charge in [-0.15, -0.1) is 0 Å². The summed E-state index contributed by atoms with van der Waals surface area (Å²) in [4.78, 5) is 14.5. The van der Waals surface area contributed by atoms with Crippen LogP contribution in [0.15, 0.2) is 24.3 Å². The number of aliphatic hydroxyl groups is 1. The molecule has 0 aliphatic heterocycles. The van der Waals surface area contributed by atoms with Gasteiger partial charge in [0.2, 0.25) is 0 Å². The van der Waals surface area contributed by atoms with Gasteiger partial charge in [-0.1, -0.05) is 13.0 Å². The van der Waals surface area contributed by atoms with Crippen molar-refractivity contribution in [2.75, 3.05) is 13.7 Å². The van der Waals surface area contributed by atoms with Crippen molar-refractivity contribution in [2.45, 2.75) is 26.4 Å². The first-order valence-corrected chi connectivity index (χ1v) is 6.99. The number of aromatic nitrogens is 1. The van der Waals surface area contributed by atoms with Crippen LogP contribution in [0.4, 0.5) is 0 Å². The zero-order valence-corrected chi connectivity index (χ0v) is 12.6. The van der Waals surface area contributed by atoms with Crippen LogP contribution in [-0.4, -0.2) is 35.9 Å². The Balaban J connectivity index is 2.18. The summed E-state index contributed by atoms with van der Waals surface area (Å²) in [5.41, 5.74) is 1.70. The summed E-state index contributed by atoms with van der Waals surface area (Å²) in [6, 6.07) is 7.60. The number of methoxy groups -OCH3 is 1. The lowest BCUT2D eigenvalue weighted by Crippen LogP contribution is -2.20. The standard InChI is InChI=1S/C16H21NO4/c1-10(11(2)18)9-21-15-6-4-5-14-13(15)7-12(17-14)8-16(19)20-3/h4-7,10-11,17-18H,8-9H2,1-3H3. The summed E-state index contributed by atoms with van der Waals surface area (Å²) in [5, 5.41) is 10.4. The fourth-order valence-corrected chi connectivity index (χ4v) is 1.99. The van der Waals surface area contributed by atoms with E-state index in [-0.39, 0.29) is 18.3 Å². The third-order valence-corrected chi connectivity index (χ3v) is 3.57. The summed E-state index contributed by atoms with van der Waals surface area (Å²) in [6.45, 7) is 4.12. The van der Waals surface area contributed by atoms with Gasteiger partial charge >= 0.3 is 5.97 Å². The molecule has 114 valence electrons. The number of hydrogen-bond acceptors (Lipinski definition) is 4. The van der Waals surface area contributed by atoms with Gasteiger partial charge in [-0.2, -0.15) is 0 Å². The third kappa shape index (κ3) is 3.76. The maximum atomic E-state index is 11.3. The number of fused-ring (bicyclic) bond motifs is 1. The Labute approximate surface area is 123 Å². The molecule has 1 aromatic carbocycles. The fraction of sp³-hybridized carbons (Fsp3) is 0.438. The first-order valence-electron chi connectivity index (χ1n) is 6.99. The van der Waals surface area contributed by atoms with Crippen molar-refractivity contribution < 1.29 is 19.4 Å². The third-order valence-electron chi connectivity index (χ3n) is 3.57. The smallest absolute Gasteiger partial charge is 0.311 e. The number of carbonyl (C=O) groups is 1. The van der Waals surface area contributed by atoms with E-state index in [4.69, 9.17) is 4.74 Å². The van der Waals surface area contributed by atoms with E-state index in [2.05, 4.69) is 9.72 Å². The lowest BCUT2D eigenvalue weighted by Gasteiger charge is -2.15. The molecule has 0 fully saturated rings. The van der Waals surface area contributed by atoms with Gasteiger partial charge in [0.1, 0.15) is 5.75 Å². The predicted octanol–water partition coefficient (Wildman–Crippen LogP) is 2.28. The average molecular weight is 291 g/mol. The maximum absolute atomic E-state index is 11.3. The summed E-state index contributed by atoms with van der Waals surface area (Å²) < 4.78 is 10.5. The number of aromatic amines is 1. The molecule has 2 unspecified atom stereocenters. The van der Waals surface area contributed by atoms with E-state index in [1.807, 2.05) is 31.2 Å². The first-order chi connectivity index (χ1) is 10.0. The fourth-order valence-electron chi connectivity index (χ4n) is 1.99. The van der Waals surface area contributed by atoms with Crippen LogP contribution in [0.5, 0.6) is 5.75 Å². The zero-order valence-electron chi connectivity index (χ0n) is 12.6. The number of esters is 1. The van der Waals surface area contributed by atoms with Gasteiger partial charge < -0.3 is 19.6 Å². The van der Waals surface area contributed by atoms with Gasteiger partial charge in [0.05, 0.1) is 26.2 Å².